The third kappa shape index (κ3) is 4.59. The van der Waals surface area contributed by atoms with Crippen molar-refractivity contribution in [1.82, 2.24) is 0 Å². The van der Waals surface area contributed by atoms with Gasteiger partial charge in [0.15, 0.2) is 0 Å². The third-order valence-electron chi connectivity index (χ3n) is 4.21. The molecule has 2 fully saturated rings. The molecule has 0 aromatic carbocycles. The lowest BCUT2D eigenvalue weighted by Crippen LogP contribution is -2.17. The fourth-order valence-electron chi connectivity index (χ4n) is 3.27. The van der Waals surface area contributed by atoms with Gasteiger partial charge < -0.3 is 9.47 Å². The standard InChI is InChI=1S/C15H28O2/c1-12(2)9-14-10-15(17-11-14)4-3-13-5-7-16-8-6-13/h12-15H,3-11H2,1-2H3. The van der Waals surface area contributed by atoms with E-state index in [0.29, 0.717) is 6.10 Å². The van der Waals surface area contributed by atoms with Crippen molar-refractivity contribution in [3.63, 3.8) is 0 Å². The van der Waals surface area contributed by atoms with Gasteiger partial charge in [0.25, 0.3) is 0 Å². The molecule has 0 spiro atoms. The van der Waals surface area contributed by atoms with Crippen LogP contribution < -0.4 is 0 Å². The van der Waals surface area contributed by atoms with Crippen molar-refractivity contribution < 1.29 is 9.47 Å². The molecule has 0 saturated carbocycles. The van der Waals surface area contributed by atoms with E-state index in [2.05, 4.69) is 13.8 Å². The second-order valence-electron chi connectivity index (χ2n) is 6.32. The molecule has 2 saturated heterocycles. The van der Waals surface area contributed by atoms with E-state index in [4.69, 9.17) is 9.47 Å². The van der Waals surface area contributed by atoms with Crippen molar-refractivity contribution in [3.05, 3.63) is 0 Å². The van der Waals surface area contributed by atoms with Gasteiger partial charge in [-0.15, -0.1) is 0 Å². The third-order valence-corrected chi connectivity index (χ3v) is 4.21. The molecule has 0 aliphatic carbocycles. The Bertz CT molecular complexity index is 209. The molecule has 17 heavy (non-hydrogen) atoms. The van der Waals surface area contributed by atoms with Crippen LogP contribution in [-0.4, -0.2) is 25.9 Å². The fraction of sp³-hybridized carbons (Fsp3) is 1.00. The Labute approximate surface area is 106 Å². The fourth-order valence-corrected chi connectivity index (χ4v) is 3.27. The van der Waals surface area contributed by atoms with E-state index in [1.54, 1.807) is 0 Å². The van der Waals surface area contributed by atoms with Gasteiger partial charge in [-0.1, -0.05) is 13.8 Å². The summed E-state index contributed by atoms with van der Waals surface area (Å²) in [5, 5.41) is 0. The van der Waals surface area contributed by atoms with Crippen LogP contribution in [0.25, 0.3) is 0 Å². The minimum atomic E-state index is 0.557. The van der Waals surface area contributed by atoms with E-state index in [1.165, 1.54) is 38.5 Å². The van der Waals surface area contributed by atoms with Crippen molar-refractivity contribution in [2.75, 3.05) is 19.8 Å². The van der Waals surface area contributed by atoms with Gasteiger partial charge in [0.1, 0.15) is 0 Å². The second kappa shape index (κ2) is 6.75. The first kappa shape index (κ1) is 13.4. The predicted octanol–water partition coefficient (Wildman–Crippen LogP) is 3.64. The Morgan fingerprint density at radius 1 is 1.06 bits per heavy atom. The highest BCUT2D eigenvalue weighted by Crippen LogP contribution is 2.30. The van der Waals surface area contributed by atoms with Gasteiger partial charge in [0.2, 0.25) is 0 Å². The summed E-state index contributed by atoms with van der Waals surface area (Å²) in [6.45, 7) is 7.60. The van der Waals surface area contributed by atoms with Crippen LogP contribution in [0.5, 0.6) is 0 Å². The lowest BCUT2D eigenvalue weighted by atomic mass is 9.90. The van der Waals surface area contributed by atoms with E-state index >= 15 is 0 Å². The Kier molecular flexibility index (Phi) is 5.30. The molecule has 2 nitrogen and oxygen atoms in total. The van der Waals surface area contributed by atoms with Crippen LogP contribution in [0.1, 0.15) is 52.4 Å². The summed E-state index contributed by atoms with van der Waals surface area (Å²) in [6, 6.07) is 0. The molecule has 2 rings (SSSR count). The van der Waals surface area contributed by atoms with E-state index in [-0.39, 0.29) is 0 Å². The predicted molar refractivity (Wildman–Crippen MR) is 70.1 cm³/mol. The Morgan fingerprint density at radius 3 is 2.53 bits per heavy atom. The van der Waals surface area contributed by atoms with E-state index in [1.807, 2.05) is 0 Å². The first-order valence-electron chi connectivity index (χ1n) is 7.43. The summed E-state index contributed by atoms with van der Waals surface area (Å²) in [6.07, 6.45) is 8.36. The molecule has 0 amide bonds. The van der Waals surface area contributed by atoms with Crippen molar-refractivity contribution >= 4 is 0 Å². The van der Waals surface area contributed by atoms with Crippen LogP contribution >= 0.6 is 0 Å². The molecule has 0 aromatic heterocycles. The van der Waals surface area contributed by atoms with Crippen LogP contribution in [0.15, 0.2) is 0 Å². The Hall–Kier alpha value is -0.0800. The summed E-state index contributed by atoms with van der Waals surface area (Å²) >= 11 is 0. The topological polar surface area (TPSA) is 18.5 Å². The van der Waals surface area contributed by atoms with Crippen molar-refractivity contribution in [2.24, 2.45) is 17.8 Å². The lowest BCUT2D eigenvalue weighted by Gasteiger charge is -2.23. The van der Waals surface area contributed by atoms with Crippen LogP contribution in [0.3, 0.4) is 0 Å². The number of rotatable bonds is 5. The van der Waals surface area contributed by atoms with Crippen LogP contribution in [0, 0.1) is 17.8 Å². The maximum Gasteiger partial charge on any atom is 0.0578 e. The molecule has 0 radical (unpaired) electrons. The minimum absolute atomic E-state index is 0.557. The van der Waals surface area contributed by atoms with Gasteiger partial charge in [0, 0.05) is 19.8 Å². The molecular weight excluding hydrogens is 212 g/mol. The molecule has 2 atom stereocenters. The van der Waals surface area contributed by atoms with Gasteiger partial charge in [-0.2, -0.15) is 0 Å². The summed E-state index contributed by atoms with van der Waals surface area (Å²) in [7, 11) is 0. The molecule has 100 valence electrons. The average Bonchev–Trinajstić information content (AvgIpc) is 2.75. The highest BCUT2D eigenvalue weighted by molar-refractivity contribution is 4.76. The van der Waals surface area contributed by atoms with Gasteiger partial charge >= 0.3 is 0 Å². The maximum atomic E-state index is 5.93. The molecule has 2 heterocycles. The van der Waals surface area contributed by atoms with Crippen LogP contribution in [0.2, 0.25) is 0 Å². The van der Waals surface area contributed by atoms with Crippen LogP contribution in [0.4, 0.5) is 0 Å². The molecule has 2 aliphatic rings. The number of hydrogen-bond acceptors (Lipinski definition) is 2. The van der Waals surface area contributed by atoms with Crippen LogP contribution in [-0.2, 0) is 9.47 Å². The quantitative estimate of drug-likeness (QED) is 0.730. The van der Waals surface area contributed by atoms with Gasteiger partial charge in [-0.25, -0.2) is 0 Å². The normalized spacial score (nSPS) is 31.2. The molecule has 0 N–H and O–H groups in total. The van der Waals surface area contributed by atoms with Crippen molar-refractivity contribution in [2.45, 2.75) is 58.5 Å². The molecular formula is C15H28O2. The highest BCUT2D eigenvalue weighted by atomic mass is 16.5. The minimum Gasteiger partial charge on any atom is -0.381 e. The Balaban J connectivity index is 1.60. The summed E-state index contributed by atoms with van der Waals surface area (Å²) in [5.74, 6) is 2.55. The summed E-state index contributed by atoms with van der Waals surface area (Å²) in [5.41, 5.74) is 0. The number of hydrogen-bond donors (Lipinski definition) is 0. The SMILES string of the molecule is CC(C)CC1COC(CCC2CCOCC2)C1. The average molecular weight is 240 g/mol. The molecule has 2 heteroatoms. The zero-order chi connectivity index (χ0) is 12.1. The van der Waals surface area contributed by atoms with Crippen molar-refractivity contribution in [3.8, 4) is 0 Å². The zero-order valence-corrected chi connectivity index (χ0v) is 11.5. The van der Waals surface area contributed by atoms with E-state index in [0.717, 1.165) is 37.6 Å². The van der Waals surface area contributed by atoms with Gasteiger partial charge in [0.05, 0.1) is 6.10 Å². The second-order valence-corrected chi connectivity index (χ2v) is 6.32. The zero-order valence-electron chi connectivity index (χ0n) is 11.5. The first-order valence-corrected chi connectivity index (χ1v) is 7.43. The highest BCUT2D eigenvalue weighted by Gasteiger charge is 2.26. The van der Waals surface area contributed by atoms with Crippen molar-refractivity contribution in [1.29, 1.82) is 0 Å². The molecule has 0 bridgehead atoms. The lowest BCUT2D eigenvalue weighted by molar-refractivity contribution is 0.0514. The molecule has 2 aliphatic heterocycles. The number of ether oxygens (including phenoxy) is 2. The van der Waals surface area contributed by atoms with E-state index < -0.39 is 0 Å². The monoisotopic (exact) mass is 240 g/mol. The summed E-state index contributed by atoms with van der Waals surface area (Å²) in [4.78, 5) is 0. The molecule has 0 aromatic rings. The van der Waals surface area contributed by atoms with Gasteiger partial charge in [-0.05, 0) is 56.3 Å². The molecule has 2 unspecified atom stereocenters. The summed E-state index contributed by atoms with van der Waals surface area (Å²) < 4.78 is 11.3. The van der Waals surface area contributed by atoms with E-state index in [9.17, 15) is 0 Å². The largest absolute Gasteiger partial charge is 0.381 e. The smallest absolute Gasteiger partial charge is 0.0578 e. The van der Waals surface area contributed by atoms with Gasteiger partial charge in [-0.3, -0.25) is 0 Å². The maximum absolute atomic E-state index is 5.93. The Morgan fingerprint density at radius 2 is 1.82 bits per heavy atom. The first-order chi connectivity index (χ1) is 8.24.